The third-order valence-corrected chi connectivity index (χ3v) is 6.79. The summed E-state index contributed by atoms with van der Waals surface area (Å²) in [6.07, 6.45) is 31.7. The highest BCUT2D eigenvalue weighted by Crippen LogP contribution is 2.10. The third-order valence-electron chi connectivity index (χ3n) is 6.79. The molecule has 0 saturated carbocycles. The molecule has 3 nitrogen and oxygen atoms in total. The fraction of sp³-hybridized carbons (Fsp3) is 0.935. The summed E-state index contributed by atoms with van der Waals surface area (Å²) >= 11 is 0. The van der Waals surface area contributed by atoms with Crippen molar-refractivity contribution >= 4 is 0 Å². The highest BCUT2D eigenvalue weighted by molar-refractivity contribution is 4.81. The first-order valence-corrected chi connectivity index (χ1v) is 15.2. The molecule has 0 aliphatic rings. The van der Waals surface area contributed by atoms with Crippen LogP contribution < -0.4 is 0 Å². The van der Waals surface area contributed by atoms with Crippen LogP contribution in [0.4, 0.5) is 0 Å². The van der Waals surface area contributed by atoms with Crippen LogP contribution in [0.25, 0.3) is 0 Å². The summed E-state index contributed by atoms with van der Waals surface area (Å²) in [7, 11) is 4.26. The molecule has 0 heterocycles. The highest BCUT2D eigenvalue weighted by Gasteiger charge is 2.11. The van der Waals surface area contributed by atoms with Gasteiger partial charge >= 0.3 is 0 Å². The molecular formula is C31H63NO2. The van der Waals surface area contributed by atoms with Gasteiger partial charge in [-0.25, -0.2) is 0 Å². The molecule has 0 aliphatic heterocycles. The molecule has 0 radical (unpaired) electrons. The van der Waals surface area contributed by atoms with Crippen molar-refractivity contribution in [1.82, 2.24) is 4.90 Å². The molecule has 0 aromatic carbocycles. The van der Waals surface area contributed by atoms with E-state index in [1.165, 1.54) is 128 Å². The molecule has 0 N–H and O–H groups in total. The largest absolute Gasteiger partial charge is 0.380 e. The topological polar surface area (TPSA) is 21.7 Å². The molecule has 0 rings (SSSR count). The molecule has 204 valence electrons. The van der Waals surface area contributed by atoms with E-state index in [1.54, 1.807) is 0 Å². The van der Waals surface area contributed by atoms with Crippen molar-refractivity contribution in [2.45, 2.75) is 148 Å². The summed E-state index contributed by atoms with van der Waals surface area (Å²) in [5, 5.41) is 0. The van der Waals surface area contributed by atoms with Crippen LogP contribution in [0.15, 0.2) is 12.2 Å². The highest BCUT2D eigenvalue weighted by atomic mass is 16.5. The minimum atomic E-state index is 0.370. The van der Waals surface area contributed by atoms with Gasteiger partial charge in [0.05, 0.1) is 19.3 Å². The van der Waals surface area contributed by atoms with Crippen LogP contribution in [0.2, 0.25) is 0 Å². The number of ether oxygens (including phenoxy) is 2. The van der Waals surface area contributed by atoms with E-state index >= 15 is 0 Å². The van der Waals surface area contributed by atoms with Gasteiger partial charge in [0.25, 0.3) is 0 Å². The number of hydrogen-bond donors (Lipinski definition) is 0. The average molecular weight is 482 g/mol. The van der Waals surface area contributed by atoms with E-state index in [4.69, 9.17) is 9.47 Å². The number of nitrogens with zero attached hydrogens (tertiary/aromatic N) is 1. The summed E-state index contributed by atoms with van der Waals surface area (Å²) in [5.41, 5.74) is 0. The lowest BCUT2D eigenvalue weighted by Gasteiger charge is -2.24. The van der Waals surface area contributed by atoms with Crippen molar-refractivity contribution in [1.29, 1.82) is 0 Å². The van der Waals surface area contributed by atoms with E-state index in [-0.39, 0.29) is 0 Å². The Labute approximate surface area is 215 Å². The molecule has 3 heteroatoms. The molecule has 0 amide bonds. The second kappa shape index (κ2) is 28.9. The molecule has 0 aliphatic carbocycles. The molecule has 1 atom stereocenters. The van der Waals surface area contributed by atoms with Gasteiger partial charge in [-0.3, -0.25) is 0 Å². The van der Waals surface area contributed by atoms with Crippen LogP contribution >= 0.6 is 0 Å². The normalized spacial score (nSPS) is 12.9. The summed E-state index contributed by atoms with van der Waals surface area (Å²) < 4.78 is 11.9. The Morgan fingerprint density at radius 1 is 0.500 bits per heavy atom. The summed E-state index contributed by atoms with van der Waals surface area (Å²) in [6.45, 7) is 7.91. The Morgan fingerprint density at radius 3 is 1.24 bits per heavy atom. The van der Waals surface area contributed by atoms with Crippen LogP contribution in [0, 0.1) is 0 Å². The summed E-state index contributed by atoms with van der Waals surface area (Å²) in [6, 6.07) is 0.370. The number of hydrogen-bond acceptors (Lipinski definition) is 3. The SMILES string of the molecule is CCCCCCCC/C=C\CCCCCCCCOC[C@H](COCCCCCCCC)N(C)C. The standard InChI is InChI=1S/C31H63NO2/c1-5-7-9-11-13-14-15-16-17-18-19-20-21-22-24-26-28-34-30-31(32(3)4)29-33-27-25-23-12-10-8-6-2/h16-17,31H,5-15,18-30H2,1-4H3/b17-16-/t31-/m0/s1. The van der Waals surface area contributed by atoms with Crippen LogP contribution in [0.1, 0.15) is 142 Å². The molecular weight excluding hydrogens is 418 g/mol. The number of allylic oxidation sites excluding steroid dienone is 2. The van der Waals surface area contributed by atoms with Crippen molar-refractivity contribution in [2.75, 3.05) is 40.5 Å². The number of likely N-dealkylation sites (N-methyl/N-ethyl adjacent to an activating group) is 1. The molecule has 0 unspecified atom stereocenters. The van der Waals surface area contributed by atoms with Gasteiger partial charge in [0.1, 0.15) is 0 Å². The van der Waals surface area contributed by atoms with Gasteiger partial charge in [-0.05, 0) is 52.6 Å². The molecule has 34 heavy (non-hydrogen) atoms. The molecule has 0 aromatic heterocycles. The fourth-order valence-corrected chi connectivity index (χ4v) is 4.22. The lowest BCUT2D eigenvalue weighted by Crippen LogP contribution is -2.37. The first-order chi connectivity index (χ1) is 16.7. The van der Waals surface area contributed by atoms with Gasteiger partial charge in [-0.1, -0.05) is 116 Å². The molecule has 0 saturated heterocycles. The van der Waals surface area contributed by atoms with E-state index in [2.05, 4.69) is 45.0 Å². The summed E-state index contributed by atoms with van der Waals surface area (Å²) in [4.78, 5) is 2.24. The van der Waals surface area contributed by atoms with Gasteiger partial charge in [-0.15, -0.1) is 0 Å². The second-order valence-electron chi connectivity index (χ2n) is 10.5. The quantitative estimate of drug-likeness (QED) is 0.0820. The smallest absolute Gasteiger partial charge is 0.0644 e. The minimum absolute atomic E-state index is 0.370. The van der Waals surface area contributed by atoms with Crippen LogP contribution in [-0.4, -0.2) is 51.5 Å². The Balaban J connectivity index is 3.40. The van der Waals surface area contributed by atoms with E-state index < -0.39 is 0 Å². The average Bonchev–Trinajstić information content (AvgIpc) is 2.83. The fourth-order valence-electron chi connectivity index (χ4n) is 4.22. The zero-order chi connectivity index (χ0) is 25.0. The Morgan fingerprint density at radius 2 is 0.853 bits per heavy atom. The number of rotatable bonds is 28. The lowest BCUT2D eigenvalue weighted by atomic mass is 10.1. The maximum atomic E-state index is 5.97. The lowest BCUT2D eigenvalue weighted by molar-refractivity contribution is 0.0197. The molecule has 0 aromatic rings. The first kappa shape index (κ1) is 33.6. The van der Waals surface area contributed by atoms with Gasteiger partial charge in [0.2, 0.25) is 0 Å². The molecule has 0 bridgehead atoms. The third kappa shape index (κ3) is 26.2. The van der Waals surface area contributed by atoms with Crippen LogP contribution in [0.3, 0.4) is 0 Å². The van der Waals surface area contributed by atoms with Crippen molar-refractivity contribution in [2.24, 2.45) is 0 Å². The maximum Gasteiger partial charge on any atom is 0.0644 e. The van der Waals surface area contributed by atoms with E-state index in [0.29, 0.717) is 6.04 Å². The van der Waals surface area contributed by atoms with Crippen LogP contribution in [0.5, 0.6) is 0 Å². The van der Waals surface area contributed by atoms with Gasteiger partial charge < -0.3 is 14.4 Å². The van der Waals surface area contributed by atoms with Crippen molar-refractivity contribution in [3.05, 3.63) is 12.2 Å². The zero-order valence-electron chi connectivity index (χ0n) is 24.0. The zero-order valence-corrected chi connectivity index (χ0v) is 24.0. The summed E-state index contributed by atoms with van der Waals surface area (Å²) in [5.74, 6) is 0. The monoisotopic (exact) mass is 481 g/mol. The molecule has 0 fully saturated rings. The van der Waals surface area contributed by atoms with Gasteiger partial charge in [0, 0.05) is 13.2 Å². The van der Waals surface area contributed by atoms with Crippen molar-refractivity contribution < 1.29 is 9.47 Å². The van der Waals surface area contributed by atoms with Gasteiger partial charge in [-0.2, -0.15) is 0 Å². The van der Waals surface area contributed by atoms with Crippen molar-refractivity contribution in [3.63, 3.8) is 0 Å². The van der Waals surface area contributed by atoms with Crippen molar-refractivity contribution in [3.8, 4) is 0 Å². The van der Waals surface area contributed by atoms with E-state index in [1.807, 2.05) is 0 Å². The number of unbranched alkanes of at least 4 members (excludes halogenated alkanes) is 17. The minimum Gasteiger partial charge on any atom is -0.380 e. The Kier molecular flexibility index (Phi) is 28.5. The van der Waals surface area contributed by atoms with E-state index in [0.717, 1.165) is 26.4 Å². The second-order valence-corrected chi connectivity index (χ2v) is 10.5. The van der Waals surface area contributed by atoms with Gasteiger partial charge in [0.15, 0.2) is 0 Å². The van der Waals surface area contributed by atoms with E-state index in [9.17, 15) is 0 Å². The Hall–Kier alpha value is -0.380. The maximum absolute atomic E-state index is 5.97. The first-order valence-electron chi connectivity index (χ1n) is 15.2. The van der Waals surface area contributed by atoms with Crippen LogP contribution in [-0.2, 0) is 9.47 Å². The Bertz CT molecular complexity index is 397. The predicted octanol–water partition coefficient (Wildman–Crippen LogP) is 9.35. The predicted molar refractivity (Wildman–Crippen MR) is 152 cm³/mol. The molecule has 0 spiro atoms.